The number of hydrogen-bond acceptors (Lipinski definition) is 4. The highest BCUT2D eigenvalue weighted by Crippen LogP contribution is 2.25. The molecule has 3 aromatic rings. The largest absolute Gasteiger partial charge is 0.352 e. The summed E-state index contributed by atoms with van der Waals surface area (Å²) < 4.78 is 42.3. The zero-order valence-corrected chi connectivity index (χ0v) is 24.2. The number of rotatable bonds is 12. The third-order valence-electron chi connectivity index (χ3n) is 7.55. The van der Waals surface area contributed by atoms with Crippen LogP contribution in [0.3, 0.4) is 0 Å². The number of sulfonamides is 1. The van der Waals surface area contributed by atoms with E-state index in [4.69, 9.17) is 0 Å². The third kappa shape index (κ3) is 7.94. The second-order valence-electron chi connectivity index (χ2n) is 10.4. The zero-order valence-electron chi connectivity index (χ0n) is 23.4. The number of nitrogens with zero attached hydrogens (tertiary/aromatic N) is 2. The standard InChI is InChI=1S/C32H38FN3O4S/c1-2-30(32(38)34-27-14-8-4-9-15-27)35(23-22-25-12-6-3-7-13-25)31(37)24-36(28-20-18-26(33)19-21-28)41(39,40)29-16-10-5-11-17-29/h3,5-7,10-13,16-21,27,30H,2,4,8-9,14-15,22-24H2,1H3,(H,34,38)/t30-/m1/s1. The second kappa shape index (κ2) is 14.3. The molecule has 0 bridgehead atoms. The van der Waals surface area contributed by atoms with E-state index >= 15 is 0 Å². The van der Waals surface area contributed by atoms with Gasteiger partial charge in [0.05, 0.1) is 10.6 Å². The highest BCUT2D eigenvalue weighted by Gasteiger charge is 2.34. The van der Waals surface area contributed by atoms with E-state index in [-0.39, 0.29) is 29.1 Å². The monoisotopic (exact) mass is 579 g/mol. The summed E-state index contributed by atoms with van der Waals surface area (Å²) in [5, 5.41) is 3.14. The molecule has 1 aliphatic carbocycles. The first-order chi connectivity index (χ1) is 19.8. The Kier molecular flexibility index (Phi) is 10.5. The van der Waals surface area contributed by atoms with Crippen molar-refractivity contribution in [3.05, 3.63) is 96.3 Å². The van der Waals surface area contributed by atoms with Crippen molar-refractivity contribution >= 4 is 27.5 Å². The number of benzene rings is 3. The van der Waals surface area contributed by atoms with Crippen LogP contribution >= 0.6 is 0 Å². The predicted octanol–water partition coefficient (Wildman–Crippen LogP) is 5.32. The van der Waals surface area contributed by atoms with Gasteiger partial charge in [0, 0.05) is 12.6 Å². The molecule has 3 aromatic carbocycles. The summed E-state index contributed by atoms with van der Waals surface area (Å²) in [5.74, 6) is -1.25. The Morgan fingerprint density at radius 3 is 2.12 bits per heavy atom. The molecule has 1 saturated carbocycles. The van der Waals surface area contributed by atoms with E-state index in [2.05, 4.69) is 5.32 Å². The van der Waals surface area contributed by atoms with E-state index in [1.165, 1.54) is 29.2 Å². The molecule has 1 N–H and O–H groups in total. The fourth-order valence-corrected chi connectivity index (χ4v) is 6.73. The summed E-state index contributed by atoms with van der Waals surface area (Å²) in [4.78, 5) is 29.1. The van der Waals surface area contributed by atoms with Crippen LogP contribution in [0, 0.1) is 5.82 Å². The maximum Gasteiger partial charge on any atom is 0.264 e. The molecule has 0 aliphatic heterocycles. The Labute approximate surface area is 242 Å². The molecular formula is C32H38FN3O4S. The van der Waals surface area contributed by atoms with Gasteiger partial charge in [-0.25, -0.2) is 12.8 Å². The summed E-state index contributed by atoms with van der Waals surface area (Å²) in [6.45, 7) is 1.55. The van der Waals surface area contributed by atoms with Gasteiger partial charge in [-0.2, -0.15) is 0 Å². The first-order valence-corrected chi connectivity index (χ1v) is 15.7. The van der Waals surface area contributed by atoms with Gasteiger partial charge in [0.25, 0.3) is 10.0 Å². The van der Waals surface area contributed by atoms with E-state index in [9.17, 15) is 22.4 Å². The van der Waals surface area contributed by atoms with Crippen molar-refractivity contribution in [3.63, 3.8) is 0 Å². The highest BCUT2D eigenvalue weighted by atomic mass is 32.2. The van der Waals surface area contributed by atoms with Crippen LogP contribution < -0.4 is 9.62 Å². The van der Waals surface area contributed by atoms with Crippen molar-refractivity contribution in [2.75, 3.05) is 17.4 Å². The Hall–Kier alpha value is -3.72. The first kappa shape index (κ1) is 30.2. The molecule has 7 nitrogen and oxygen atoms in total. The molecule has 0 unspecified atom stereocenters. The van der Waals surface area contributed by atoms with E-state index in [0.29, 0.717) is 12.8 Å². The molecule has 1 aliphatic rings. The quantitative estimate of drug-likeness (QED) is 0.315. The maximum atomic E-state index is 14.1. The minimum Gasteiger partial charge on any atom is -0.352 e. The molecule has 0 heterocycles. The lowest BCUT2D eigenvalue weighted by molar-refractivity contribution is -0.140. The minimum absolute atomic E-state index is 0.00930. The number of hydrogen-bond donors (Lipinski definition) is 1. The van der Waals surface area contributed by atoms with Crippen LogP contribution in [0.5, 0.6) is 0 Å². The Balaban J connectivity index is 1.65. The highest BCUT2D eigenvalue weighted by molar-refractivity contribution is 7.92. The molecular weight excluding hydrogens is 541 g/mol. The summed E-state index contributed by atoms with van der Waals surface area (Å²) >= 11 is 0. The van der Waals surface area contributed by atoms with Crippen molar-refractivity contribution in [2.24, 2.45) is 0 Å². The Bertz CT molecular complexity index is 1380. The van der Waals surface area contributed by atoms with Crippen LogP contribution in [-0.2, 0) is 26.0 Å². The number of halogens is 1. The zero-order chi connectivity index (χ0) is 29.2. The van der Waals surface area contributed by atoms with E-state index in [1.807, 2.05) is 37.3 Å². The van der Waals surface area contributed by atoms with Gasteiger partial charge < -0.3 is 10.2 Å². The summed E-state index contributed by atoms with van der Waals surface area (Å²) in [5.41, 5.74) is 1.16. The number of amides is 2. The van der Waals surface area contributed by atoms with Gasteiger partial charge in [-0.3, -0.25) is 13.9 Å². The topological polar surface area (TPSA) is 86.8 Å². The smallest absolute Gasteiger partial charge is 0.264 e. The van der Waals surface area contributed by atoms with Gasteiger partial charge >= 0.3 is 0 Å². The van der Waals surface area contributed by atoms with Crippen molar-refractivity contribution < 1.29 is 22.4 Å². The molecule has 1 fully saturated rings. The Morgan fingerprint density at radius 2 is 1.51 bits per heavy atom. The summed E-state index contributed by atoms with van der Waals surface area (Å²) in [6, 6.07) is 21.8. The summed E-state index contributed by atoms with van der Waals surface area (Å²) in [7, 11) is -4.18. The van der Waals surface area contributed by atoms with Crippen LogP contribution in [0.4, 0.5) is 10.1 Å². The lowest BCUT2D eigenvalue weighted by atomic mass is 9.95. The third-order valence-corrected chi connectivity index (χ3v) is 9.33. The molecule has 1 atom stereocenters. The lowest BCUT2D eigenvalue weighted by Gasteiger charge is -2.34. The van der Waals surface area contributed by atoms with Crippen LogP contribution in [0.15, 0.2) is 89.8 Å². The van der Waals surface area contributed by atoms with Gasteiger partial charge in [-0.1, -0.05) is 74.7 Å². The van der Waals surface area contributed by atoms with Gasteiger partial charge in [0.15, 0.2) is 0 Å². The normalized spacial score (nSPS) is 14.7. The molecule has 0 radical (unpaired) electrons. The molecule has 2 amide bonds. The molecule has 41 heavy (non-hydrogen) atoms. The van der Waals surface area contributed by atoms with E-state index < -0.39 is 34.3 Å². The van der Waals surface area contributed by atoms with Crippen molar-refractivity contribution in [1.82, 2.24) is 10.2 Å². The SMILES string of the molecule is CC[C@H](C(=O)NC1CCCCC1)N(CCc1ccccc1)C(=O)CN(c1ccc(F)cc1)S(=O)(=O)c1ccccc1. The van der Waals surface area contributed by atoms with Crippen LogP contribution in [0.2, 0.25) is 0 Å². The van der Waals surface area contributed by atoms with Crippen molar-refractivity contribution in [3.8, 4) is 0 Å². The predicted molar refractivity (Wildman–Crippen MR) is 158 cm³/mol. The molecule has 0 aromatic heterocycles. The van der Waals surface area contributed by atoms with Crippen molar-refractivity contribution in [2.45, 2.75) is 68.8 Å². The number of carbonyl (C=O) groups is 2. The molecule has 218 valence electrons. The average Bonchev–Trinajstić information content (AvgIpc) is 2.99. The fourth-order valence-electron chi connectivity index (χ4n) is 5.30. The van der Waals surface area contributed by atoms with Gasteiger partial charge in [-0.15, -0.1) is 0 Å². The van der Waals surface area contributed by atoms with E-state index in [1.54, 1.807) is 18.2 Å². The minimum atomic E-state index is -4.18. The number of anilines is 1. The lowest BCUT2D eigenvalue weighted by Crippen LogP contribution is -2.54. The van der Waals surface area contributed by atoms with Gasteiger partial charge in [0.2, 0.25) is 11.8 Å². The van der Waals surface area contributed by atoms with Crippen LogP contribution in [-0.4, -0.2) is 50.3 Å². The Morgan fingerprint density at radius 1 is 0.902 bits per heavy atom. The first-order valence-electron chi connectivity index (χ1n) is 14.3. The van der Waals surface area contributed by atoms with Gasteiger partial charge in [0.1, 0.15) is 18.4 Å². The van der Waals surface area contributed by atoms with Crippen molar-refractivity contribution in [1.29, 1.82) is 0 Å². The number of nitrogens with one attached hydrogen (secondary N) is 1. The molecule has 0 saturated heterocycles. The van der Waals surface area contributed by atoms with E-state index in [0.717, 1.165) is 54.1 Å². The molecule has 4 rings (SSSR count). The summed E-state index contributed by atoms with van der Waals surface area (Å²) in [6.07, 6.45) is 5.97. The van der Waals surface area contributed by atoms with Crippen LogP contribution in [0.25, 0.3) is 0 Å². The maximum absolute atomic E-state index is 14.1. The molecule has 9 heteroatoms. The van der Waals surface area contributed by atoms with Crippen LogP contribution in [0.1, 0.15) is 51.0 Å². The molecule has 0 spiro atoms. The number of carbonyl (C=O) groups excluding carboxylic acids is 2. The van der Waals surface area contributed by atoms with Gasteiger partial charge in [-0.05, 0) is 67.6 Å². The average molecular weight is 580 g/mol. The second-order valence-corrected chi connectivity index (χ2v) is 12.3. The fraction of sp³-hybridized carbons (Fsp3) is 0.375.